The maximum absolute atomic E-state index is 10.0. The zero-order chi connectivity index (χ0) is 11.3. The fourth-order valence-corrected chi connectivity index (χ4v) is 1.48. The second-order valence-electron chi connectivity index (χ2n) is 3.22. The minimum absolute atomic E-state index is 0.354. The summed E-state index contributed by atoms with van der Waals surface area (Å²) < 4.78 is 0. The summed E-state index contributed by atoms with van der Waals surface area (Å²) in [5.41, 5.74) is 8.00. The molecule has 0 bridgehead atoms. The van der Waals surface area contributed by atoms with E-state index in [0.717, 1.165) is 16.8 Å². The molecular weight excluding hydrogens is 210 g/mol. The molecule has 15 heavy (non-hydrogen) atoms. The second-order valence-corrected chi connectivity index (χ2v) is 3.63. The molecular formula is C10H13N3OS. The van der Waals surface area contributed by atoms with E-state index in [1.165, 1.54) is 0 Å². The maximum atomic E-state index is 10.0. The number of nitrogens with one attached hydrogen (secondary N) is 3. The number of benzene rings is 1. The predicted octanol–water partition coefficient (Wildman–Crippen LogP) is 1.25. The Morgan fingerprint density at radius 3 is 2.40 bits per heavy atom. The van der Waals surface area contributed by atoms with Crippen LogP contribution < -0.4 is 16.2 Å². The van der Waals surface area contributed by atoms with Crippen molar-refractivity contribution in [3.8, 4) is 0 Å². The molecule has 4 nitrogen and oxygen atoms in total. The summed E-state index contributed by atoms with van der Waals surface area (Å²) in [5, 5.41) is 3.31. The predicted molar refractivity (Wildman–Crippen MR) is 64.5 cm³/mol. The monoisotopic (exact) mass is 223 g/mol. The van der Waals surface area contributed by atoms with Crippen LogP contribution in [0.15, 0.2) is 18.2 Å². The summed E-state index contributed by atoms with van der Waals surface area (Å²) >= 11 is 4.94. The summed E-state index contributed by atoms with van der Waals surface area (Å²) in [6, 6.07) is 6.02. The van der Waals surface area contributed by atoms with Crippen LogP contribution in [0.3, 0.4) is 0 Å². The Bertz CT molecular complexity index is 359. The average molecular weight is 223 g/mol. The molecule has 0 saturated heterocycles. The lowest BCUT2D eigenvalue weighted by atomic mass is 10.1. The highest BCUT2D eigenvalue weighted by Crippen LogP contribution is 2.13. The smallest absolute Gasteiger partial charge is 0.225 e. The van der Waals surface area contributed by atoms with Crippen molar-refractivity contribution in [2.45, 2.75) is 13.8 Å². The van der Waals surface area contributed by atoms with Crippen LogP contribution in [0.1, 0.15) is 11.1 Å². The number of anilines is 1. The molecule has 0 spiro atoms. The van der Waals surface area contributed by atoms with Crippen molar-refractivity contribution in [1.82, 2.24) is 10.9 Å². The first-order valence-electron chi connectivity index (χ1n) is 4.46. The minimum Gasteiger partial charge on any atom is -0.331 e. The Balaban J connectivity index is 2.63. The molecule has 1 rings (SSSR count). The van der Waals surface area contributed by atoms with Gasteiger partial charge in [-0.3, -0.25) is 15.6 Å². The summed E-state index contributed by atoms with van der Waals surface area (Å²) in [6.45, 7) is 4.02. The van der Waals surface area contributed by atoms with Crippen molar-refractivity contribution < 1.29 is 4.79 Å². The standard InChI is InChI=1S/C10H13N3OS/c1-7-3-8(2)5-9(4-7)12-10(15)13-11-6-14/h3-6H,1-2H3,(H,11,14)(H2,12,13,15). The van der Waals surface area contributed by atoms with Gasteiger partial charge >= 0.3 is 0 Å². The summed E-state index contributed by atoms with van der Waals surface area (Å²) in [5.74, 6) is 0. The van der Waals surface area contributed by atoms with E-state index >= 15 is 0 Å². The molecule has 1 aromatic carbocycles. The topological polar surface area (TPSA) is 53.2 Å². The number of carbonyl (C=O) groups is 1. The fourth-order valence-electron chi connectivity index (χ4n) is 1.30. The third-order valence-electron chi connectivity index (χ3n) is 1.72. The lowest BCUT2D eigenvalue weighted by Gasteiger charge is -2.10. The van der Waals surface area contributed by atoms with E-state index in [4.69, 9.17) is 12.2 Å². The molecule has 0 heterocycles. The second kappa shape index (κ2) is 5.31. The van der Waals surface area contributed by atoms with Gasteiger partial charge in [-0.2, -0.15) is 0 Å². The normalized spacial score (nSPS) is 9.20. The molecule has 0 fully saturated rings. The SMILES string of the molecule is Cc1cc(C)cc(NC(=S)NNC=O)c1. The average Bonchev–Trinajstić information content (AvgIpc) is 2.13. The Morgan fingerprint density at radius 1 is 1.27 bits per heavy atom. The number of rotatable bonds is 3. The van der Waals surface area contributed by atoms with Gasteiger partial charge in [0.05, 0.1) is 0 Å². The third-order valence-corrected chi connectivity index (χ3v) is 1.93. The van der Waals surface area contributed by atoms with Crippen molar-refractivity contribution in [2.24, 2.45) is 0 Å². The Morgan fingerprint density at radius 2 is 1.87 bits per heavy atom. The molecule has 0 aliphatic heterocycles. The minimum atomic E-state index is 0.354. The van der Waals surface area contributed by atoms with E-state index in [2.05, 4.69) is 22.2 Å². The largest absolute Gasteiger partial charge is 0.331 e. The van der Waals surface area contributed by atoms with Gasteiger partial charge < -0.3 is 5.32 Å². The van der Waals surface area contributed by atoms with E-state index in [1.807, 2.05) is 26.0 Å². The van der Waals surface area contributed by atoms with Crippen LogP contribution in [0.2, 0.25) is 0 Å². The lowest BCUT2D eigenvalue weighted by molar-refractivity contribution is -0.110. The Kier molecular flexibility index (Phi) is 4.05. The summed E-state index contributed by atoms with van der Waals surface area (Å²) in [4.78, 5) is 10.0. The van der Waals surface area contributed by atoms with Crippen LogP contribution in [0, 0.1) is 13.8 Å². The first-order chi connectivity index (χ1) is 7.11. The van der Waals surface area contributed by atoms with Crippen LogP contribution in [-0.2, 0) is 4.79 Å². The fraction of sp³-hybridized carbons (Fsp3) is 0.200. The van der Waals surface area contributed by atoms with E-state index < -0.39 is 0 Å². The number of hydrogen-bond acceptors (Lipinski definition) is 2. The molecule has 0 saturated carbocycles. The molecule has 0 aliphatic carbocycles. The van der Waals surface area contributed by atoms with Crippen molar-refractivity contribution in [2.75, 3.05) is 5.32 Å². The zero-order valence-electron chi connectivity index (χ0n) is 8.63. The number of hydrogen-bond donors (Lipinski definition) is 3. The van der Waals surface area contributed by atoms with Crippen LogP contribution in [0.25, 0.3) is 0 Å². The zero-order valence-corrected chi connectivity index (χ0v) is 9.44. The van der Waals surface area contributed by atoms with Gasteiger partial charge in [-0.25, -0.2) is 0 Å². The van der Waals surface area contributed by atoms with Gasteiger partial charge in [0, 0.05) is 5.69 Å². The van der Waals surface area contributed by atoms with E-state index in [1.54, 1.807) is 0 Å². The van der Waals surface area contributed by atoms with E-state index in [9.17, 15) is 4.79 Å². The molecule has 0 aliphatic rings. The van der Waals surface area contributed by atoms with Crippen LogP contribution in [0.5, 0.6) is 0 Å². The Labute approximate surface area is 94.0 Å². The van der Waals surface area contributed by atoms with Crippen LogP contribution >= 0.6 is 12.2 Å². The van der Waals surface area contributed by atoms with E-state index in [-0.39, 0.29) is 0 Å². The number of thiocarbonyl (C=S) groups is 1. The molecule has 5 heteroatoms. The maximum Gasteiger partial charge on any atom is 0.225 e. The highest BCUT2D eigenvalue weighted by atomic mass is 32.1. The van der Waals surface area contributed by atoms with Gasteiger partial charge in [0.2, 0.25) is 6.41 Å². The summed E-state index contributed by atoms with van der Waals surface area (Å²) in [6.07, 6.45) is 0.523. The lowest BCUT2D eigenvalue weighted by Crippen LogP contribution is -2.39. The Hall–Kier alpha value is -1.62. The quantitative estimate of drug-likeness (QED) is 0.410. The van der Waals surface area contributed by atoms with Gasteiger partial charge in [-0.1, -0.05) is 6.07 Å². The molecule has 0 atom stereocenters. The van der Waals surface area contributed by atoms with Crippen LogP contribution in [-0.4, -0.2) is 11.5 Å². The van der Waals surface area contributed by atoms with Gasteiger partial charge in [-0.05, 0) is 49.3 Å². The van der Waals surface area contributed by atoms with Crippen molar-refractivity contribution >= 4 is 29.4 Å². The van der Waals surface area contributed by atoms with Gasteiger partial charge in [0.25, 0.3) is 0 Å². The highest BCUT2D eigenvalue weighted by Gasteiger charge is 1.98. The molecule has 1 amide bonds. The first kappa shape index (κ1) is 11.5. The summed E-state index contributed by atoms with van der Waals surface area (Å²) in [7, 11) is 0. The number of amides is 1. The molecule has 0 unspecified atom stereocenters. The van der Waals surface area contributed by atoms with Crippen LogP contribution in [0.4, 0.5) is 5.69 Å². The molecule has 3 N–H and O–H groups in total. The van der Waals surface area contributed by atoms with Crippen molar-refractivity contribution in [3.05, 3.63) is 29.3 Å². The molecule has 0 aromatic heterocycles. The highest BCUT2D eigenvalue weighted by molar-refractivity contribution is 7.80. The number of aryl methyl sites for hydroxylation is 2. The van der Waals surface area contributed by atoms with Gasteiger partial charge in [-0.15, -0.1) is 0 Å². The van der Waals surface area contributed by atoms with E-state index in [0.29, 0.717) is 11.5 Å². The number of carbonyl (C=O) groups excluding carboxylic acids is 1. The first-order valence-corrected chi connectivity index (χ1v) is 4.87. The molecule has 1 aromatic rings. The number of hydrazine groups is 1. The third kappa shape index (κ3) is 3.95. The van der Waals surface area contributed by atoms with Crippen molar-refractivity contribution in [3.63, 3.8) is 0 Å². The molecule has 0 radical (unpaired) electrons. The van der Waals surface area contributed by atoms with Crippen molar-refractivity contribution in [1.29, 1.82) is 0 Å². The van der Waals surface area contributed by atoms with Gasteiger partial charge in [0.1, 0.15) is 0 Å². The molecule has 80 valence electrons. The van der Waals surface area contributed by atoms with Gasteiger partial charge in [0.15, 0.2) is 5.11 Å².